The number of hydrogen-bond acceptors (Lipinski definition) is 3. The van der Waals surface area contributed by atoms with E-state index in [4.69, 9.17) is 4.74 Å². The second kappa shape index (κ2) is 4.46. The van der Waals surface area contributed by atoms with Crippen LogP contribution in [0.4, 0.5) is 4.39 Å². The molecule has 0 amide bonds. The zero-order chi connectivity index (χ0) is 10.7. The lowest BCUT2D eigenvalue weighted by atomic mass is 10.2. The molecule has 0 saturated heterocycles. The van der Waals surface area contributed by atoms with Crippen LogP contribution in [-0.4, -0.2) is 12.1 Å². The molecule has 4 heteroatoms. The van der Waals surface area contributed by atoms with E-state index >= 15 is 0 Å². The summed E-state index contributed by atoms with van der Waals surface area (Å²) in [5, 5.41) is 0. The molecule has 0 aromatic heterocycles. The highest BCUT2D eigenvalue weighted by Gasteiger charge is 2.10. The van der Waals surface area contributed by atoms with Crippen LogP contribution >= 0.6 is 12.6 Å². The largest absolute Gasteiger partial charge is 0.459 e. The molecule has 0 radical (unpaired) electrons. The van der Waals surface area contributed by atoms with Crippen molar-refractivity contribution in [2.45, 2.75) is 24.8 Å². The zero-order valence-corrected chi connectivity index (χ0v) is 8.85. The lowest BCUT2D eigenvalue weighted by Gasteiger charge is -2.07. The second-order valence-corrected chi connectivity index (χ2v) is 3.60. The molecule has 0 N–H and O–H groups in total. The third-order valence-electron chi connectivity index (χ3n) is 1.52. The van der Waals surface area contributed by atoms with Gasteiger partial charge in [-0.25, -0.2) is 9.18 Å². The molecule has 0 spiro atoms. The summed E-state index contributed by atoms with van der Waals surface area (Å²) in [5.74, 6) is -0.912. The highest BCUT2D eigenvalue weighted by molar-refractivity contribution is 7.80. The first-order valence-corrected chi connectivity index (χ1v) is 4.65. The zero-order valence-electron chi connectivity index (χ0n) is 7.95. The van der Waals surface area contributed by atoms with Crippen LogP contribution in [0.2, 0.25) is 0 Å². The van der Waals surface area contributed by atoms with E-state index in [-0.39, 0.29) is 11.0 Å². The fraction of sp³-hybridized carbons (Fsp3) is 0.300. The molecule has 0 aliphatic heterocycles. The molecule has 1 aromatic rings. The fourth-order valence-electron chi connectivity index (χ4n) is 0.922. The Hall–Kier alpha value is -1.03. The molecule has 0 aliphatic rings. The summed E-state index contributed by atoms with van der Waals surface area (Å²) in [6, 6.07) is 3.92. The van der Waals surface area contributed by atoms with Gasteiger partial charge in [0.25, 0.3) is 0 Å². The summed E-state index contributed by atoms with van der Waals surface area (Å²) >= 11 is 3.87. The van der Waals surface area contributed by atoms with Gasteiger partial charge in [0.05, 0.1) is 11.7 Å². The molecule has 0 heterocycles. The molecule has 0 atom stereocenters. The summed E-state index contributed by atoms with van der Waals surface area (Å²) in [6.07, 6.45) is -0.184. The van der Waals surface area contributed by atoms with Gasteiger partial charge < -0.3 is 4.74 Å². The van der Waals surface area contributed by atoms with E-state index in [1.165, 1.54) is 18.2 Å². The number of esters is 1. The van der Waals surface area contributed by atoms with Crippen LogP contribution in [0.5, 0.6) is 0 Å². The molecule has 0 bridgehead atoms. The van der Waals surface area contributed by atoms with Crippen molar-refractivity contribution < 1.29 is 13.9 Å². The highest BCUT2D eigenvalue weighted by Crippen LogP contribution is 2.15. The van der Waals surface area contributed by atoms with E-state index in [1.54, 1.807) is 13.8 Å². The lowest BCUT2D eigenvalue weighted by molar-refractivity contribution is 0.0377. The normalized spacial score (nSPS) is 10.4. The molecule has 14 heavy (non-hydrogen) atoms. The fourth-order valence-corrected chi connectivity index (χ4v) is 1.14. The SMILES string of the molecule is CC(C)OC(=O)c1ccc(F)c(S)c1. The Labute approximate surface area is 87.5 Å². The van der Waals surface area contributed by atoms with Crippen LogP contribution < -0.4 is 0 Å². The number of rotatable bonds is 2. The van der Waals surface area contributed by atoms with Gasteiger partial charge in [-0.2, -0.15) is 0 Å². The van der Waals surface area contributed by atoms with E-state index in [0.29, 0.717) is 5.56 Å². The quantitative estimate of drug-likeness (QED) is 0.605. The highest BCUT2D eigenvalue weighted by atomic mass is 32.1. The Kier molecular flexibility index (Phi) is 3.52. The summed E-state index contributed by atoms with van der Waals surface area (Å²) in [7, 11) is 0. The summed E-state index contributed by atoms with van der Waals surface area (Å²) in [5.41, 5.74) is 0.310. The van der Waals surface area contributed by atoms with Crippen molar-refractivity contribution in [3.63, 3.8) is 0 Å². The monoisotopic (exact) mass is 214 g/mol. The summed E-state index contributed by atoms with van der Waals surface area (Å²) in [6.45, 7) is 3.51. The minimum atomic E-state index is -0.463. The smallest absolute Gasteiger partial charge is 0.338 e. The van der Waals surface area contributed by atoms with Gasteiger partial charge in [0.15, 0.2) is 0 Å². The van der Waals surface area contributed by atoms with E-state index < -0.39 is 11.8 Å². The Morgan fingerprint density at radius 2 is 2.14 bits per heavy atom. The molecule has 1 aromatic carbocycles. The van der Waals surface area contributed by atoms with Crippen molar-refractivity contribution in [1.82, 2.24) is 0 Å². The molecule has 0 fully saturated rings. The summed E-state index contributed by atoms with van der Waals surface area (Å²) in [4.78, 5) is 11.5. The number of benzene rings is 1. The molecule has 0 unspecified atom stereocenters. The van der Waals surface area contributed by atoms with Crippen LogP contribution in [0.1, 0.15) is 24.2 Å². The van der Waals surface area contributed by atoms with Gasteiger partial charge >= 0.3 is 5.97 Å². The first-order valence-electron chi connectivity index (χ1n) is 4.20. The number of thiol groups is 1. The number of carbonyl (C=O) groups excluding carboxylic acids is 1. The van der Waals surface area contributed by atoms with Gasteiger partial charge in [0, 0.05) is 4.90 Å². The van der Waals surface area contributed by atoms with Crippen molar-refractivity contribution in [2.75, 3.05) is 0 Å². The van der Waals surface area contributed by atoms with Gasteiger partial charge in [-0.15, -0.1) is 12.6 Å². The Bertz CT molecular complexity index is 350. The van der Waals surface area contributed by atoms with Crippen LogP contribution in [-0.2, 0) is 4.74 Å². The van der Waals surface area contributed by atoms with Crippen molar-refractivity contribution in [3.05, 3.63) is 29.6 Å². The van der Waals surface area contributed by atoms with E-state index in [1.807, 2.05) is 0 Å². The van der Waals surface area contributed by atoms with Crippen molar-refractivity contribution in [1.29, 1.82) is 0 Å². The third kappa shape index (κ3) is 2.73. The maximum Gasteiger partial charge on any atom is 0.338 e. The van der Waals surface area contributed by atoms with Crippen LogP contribution in [0.25, 0.3) is 0 Å². The molecular weight excluding hydrogens is 203 g/mol. The summed E-state index contributed by atoms with van der Waals surface area (Å²) < 4.78 is 17.7. The predicted molar refractivity (Wildman–Crippen MR) is 54.2 cm³/mol. The van der Waals surface area contributed by atoms with Crippen molar-refractivity contribution in [2.24, 2.45) is 0 Å². The molecule has 2 nitrogen and oxygen atoms in total. The van der Waals surface area contributed by atoms with E-state index in [9.17, 15) is 9.18 Å². The number of carbonyl (C=O) groups is 1. The van der Waals surface area contributed by atoms with Gasteiger partial charge in [-0.3, -0.25) is 0 Å². The Morgan fingerprint density at radius 1 is 1.50 bits per heavy atom. The van der Waals surface area contributed by atoms with Crippen molar-refractivity contribution in [3.8, 4) is 0 Å². The first kappa shape index (κ1) is 11.0. The Balaban J connectivity index is 2.86. The van der Waals surface area contributed by atoms with E-state index in [0.717, 1.165) is 0 Å². The minimum absolute atomic E-state index is 0.142. The molecular formula is C10H11FO2S. The molecule has 76 valence electrons. The van der Waals surface area contributed by atoms with Crippen LogP contribution in [0, 0.1) is 5.82 Å². The number of ether oxygens (including phenoxy) is 1. The van der Waals surface area contributed by atoms with Gasteiger partial charge in [0.2, 0.25) is 0 Å². The maximum atomic E-state index is 12.8. The average Bonchev–Trinajstić information content (AvgIpc) is 2.08. The van der Waals surface area contributed by atoms with Gasteiger partial charge in [-0.05, 0) is 32.0 Å². The maximum absolute atomic E-state index is 12.8. The van der Waals surface area contributed by atoms with Crippen LogP contribution in [0.3, 0.4) is 0 Å². The topological polar surface area (TPSA) is 26.3 Å². The van der Waals surface area contributed by atoms with Crippen molar-refractivity contribution >= 4 is 18.6 Å². The third-order valence-corrected chi connectivity index (χ3v) is 1.87. The molecule has 0 saturated carbocycles. The minimum Gasteiger partial charge on any atom is -0.459 e. The predicted octanol–water partition coefficient (Wildman–Crippen LogP) is 2.68. The standard InChI is InChI=1S/C10H11FO2S/c1-6(2)13-10(12)7-3-4-8(11)9(14)5-7/h3-6,14H,1-2H3. The average molecular weight is 214 g/mol. The number of halogens is 1. The lowest BCUT2D eigenvalue weighted by Crippen LogP contribution is -2.11. The molecule has 1 rings (SSSR count). The van der Waals surface area contributed by atoms with E-state index in [2.05, 4.69) is 12.6 Å². The molecule has 0 aliphatic carbocycles. The van der Waals surface area contributed by atoms with Gasteiger partial charge in [-0.1, -0.05) is 0 Å². The second-order valence-electron chi connectivity index (χ2n) is 3.12. The first-order chi connectivity index (χ1) is 6.50. The van der Waals surface area contributed by atoms with Crippen LogP contribution in [0.15, 0.2) is 23.1 Å². The number of hydrogen-bond donors (Lipinski definition) is 1. The van der Waals surface area contributed by atoms with Gasteiger partial charge in [0.1, 0.15) is 5.82 Å². The Morgan fingerprint density at radius 3 is 2.64 bits per heavy atom.